The Hall–Kier alpha value is -0.840. The highest BCUT2D eigenvalue weighted by atomic mass is 79.9. The molecule has 96 valence electrons. The van der Waals surface area contributed by atoms with E-state index >= 15 is 0 Å². The van der Waals surface area contributed by atoms with E-state index in [9.17, 15) is 5.11 Å². The third kappa shape index (κ3) is 3.13. The fraction of sp³-hybridized carbons (Fsp3) is 0.286. The van der Waals surface area contributed by atoms with Gasteiger partial charge in [-0.1, -0.05) is 17.7 Å². The molecule has 0 aliphatic heterocycles. The highest BCUT2D eigenvalue weighted by Gasteiger charge is 2.11. The van der Waals surface area contributed by atoms with Crippen LogP contribution < -0.4 is 5.32 Å². The summed E-state index contributed by atoms with van der Waals surface area (Å²) >= 11 is 5.24. The highest BCUT2D eigenvalue weighted by molar-refractivity contribution is 9.10. The lowest BCUT2D eigenvalue weighted by Crippen LogP contribution is -2.17. The van der Waals surface area contributed by atoms with Gasteiger partial charge < -0.3 is 10.4 Å². The van der Waals surface area contributed by atoms with E-state index in [1.54, 1.807) is 17.4 Å². The molecule has 2 N–H and O–H groups in total. The van der Waals surface area contributed by atoms with E-state index in [4.69, 9.17) is 0 Å². The highest BCUT2D eigenvalue weighted by Crippen LogP contribution is 2.27. The Balaban J connectivity index is 2.06. The van der Waals surface area contributed by atoms with Gasteiger partial charge in [-0.2, -0.15) is 0 Å². The molecule has 1 aromatic heterocycles. The molecular formula is C14H16BrNOS. The lowest BCUT2D eigenvalue weighted by atomic mass is 10.0. The van der Waals surface area contributed by atoms with E-state index in [1.165, 1.54) is 4.88 Å². The van der Waals surface area contributed by atoms with Gasteiger partial charge in [0.15, 0.2) is 0 Å². The number of hydrogen-bond acceptors (Lipinski definition) is 3. The van der Waals surface area contributed by atoms with Crippen LogP contribution in [0.25, 0.3) is 0 Å². The number of rotatable bonds is 4. The predicted molar refractivity (Wildman–Crippen MR) is 80.1 cm³/mol. The van der Waals surface area contributed by atoms with Gasteiger partial charge in [-0.15, -0.1) is 11.3 Å². The molecule has 0 aliphatic carbocycles. The van der Waals surface area contributed by atoms with Crippen molar-refractivity contribution < 1.29 is 5.11 Å². The average Bonchev–Trinajstić information content (AvgIpc) is 2.75. The zero-order valence-electron chi connectivity index (χ0n) is 10.4. The number of phenolic OH excluding ortho intramolecular Hbond substituents is 1. The molecule has 0 saturated heterocycles. The number of aryl methyl sites for hydroxylation is 1. The Kier molecular flexibility index (Phi) is 4.43. The molecule has 1 aromatic carbocycles. The molecule has 1 atom stereocenters. The van der Waals surface area contributed by atoms with Crippen molar-refractivity contribution in [2.24, 2.45) is 0 Å². The average molecular weight is 326 g/mol. The summed E-state index contributed by atoms with van der Waals surface area (Å²) in [5, 5.41) is 15.4. The first-order valence-corrected chi connectivity index (χ1v) is 7.50. The van der Waals surface area contributed by atoms with Crippen LogP contribution >= 0.6 is 27.3 Å². The van der Waals surface area contributed by atoms with Crippen molar-refractivity contribution in [3.63, 3.8) is 0 Å². The molecule has 1 unspecified atom stereocenters. The van der Waals surface area contributed by atoms with Gasteiger partial charge in [-0.3, -0.25) is 0 Å². The zero-order valence-corrected chi connectivity index (χ0v) is 12.8. The minimum Gasteiger partial charge on any atom is -0.508 e. The summed E-state index contributed by atoms with van der Waals surface area (Å²) in [4.78, 5) is 1.27. The fourth-order valence-electron chi connectivity index (χ4n) is 1.83. The summed E-state index contributed by atoms with van der Waals surface area (Å²) < 4.78 is 1.14. The summed E-state index contributed by atoms with van der Waals surface area (Å²) in [6.45, 7) is 4.90. The molecule has 2 rings (SSSR count). The van der Waals surface area contributed by atoms with Crippen molar-refractivity contribution in [2.45, 2.75) is 26.4 Å². The number of halogens is 1. The van der Waals surface area contributed by atoms with Crippen LogP contribution in [0.1, 0.15) is 29.0 Å². The fourth-order valence-corrected chi connectivity index (χ4v) is 3.27. The van der Waals surface area contributed by atoms with Crippen LogP contribution in [0.4, 0.5) is 0 Å². The number of hydrogen-bond donors (Lipinski definition) is 2. The van der Waals surface area contributed by atoms with E-state index < -0.39 is 0 Å². The third-order valence-corrected chi connectivity index (χ3v) is 4.84. The smallest absolute Gasteiger partial charge is 0.120 e. The van der Waals surface area contributed by atoms with Crippen molar-refractivity contribution in [2.75, 3.05) is 0 Å². The lowest BCUT2D eigenvalue weighted by Gasteiger charge is -2.16. The Bertz CT molecular complexity index is 538. The van der Waals surface area contributed by atoms with E-state index in [1.807, 2.05) is 19.1 Å². The molecule has 0 radical (unpaired) electrons. The first-order chi connectivity index (χ1) is 8.58. The van der Waals surface area contributed by atoms with E-state index in [2.05, 4.69) is 39.6 Å². The van der Waals surface area contributed by atoms with Crippen LogP contribution in [-0.4, -0.2) is 5.11 Å². The van der Waals surface area contributed by atoms with Gasteiger partial charge in [0.1, 0.15) is 5.75 Å². The second-order valence-corrected chi connectivity index (χ2v) is 6.21. The first-order valence-electron chi connectivity index (χ1n) is 5.82. The maximum atomic E-state index is 9.87. The molecule has 0 saturated carbocycles. The molecule has 1 heterocycles. The second kappa shape index (κ2) is 5.87. The van der Waals surface area contributed by atoms with Gasteiger partial charge in [-0.25, -0.2) is 0 Å². The maximum Gasteiger partial charge on any atom is 0.120 e. The van der Waals surface area contributed by atoms with Crippen LogP contribution in [0.5, 0.6) is 5.75 Å². The molecule has 0 amide bonds. The van der Waals surface area contributed by atoms with Crippen molar-refractivity contribution >= 4 is 27.3 Å². The normalized spacial score (nSPS) is 12.6. The first kappa shape index (κ1) is 13.6. The Morgan fingerprint density at radius 3 is 2.83 bits per heavy atom. The summed E-state index contributed by atoms with van der Waals surface area (Å²) in [6.07, 6.45) is 0. The minimum absolute atomic E-state index is 0.124. The predicted octanol–water partition coefficient (Wildman–Crippen LogP) is 4.38. The van der Waals surface area contributed by atoms with Crippen molar-refractivity contribution in [1.82, 2.24) is 5.32 Å². The molecule has 4 heteroatoms. The number of phenols is 1. The van der Waals surface area contributed by atoms with Crippen LogP contribution in [0, 0.1) is 6.92 Å². The number of benzene rings is 1. The summed E-state index contributed by atoms with van der Waals surface area (Å²) in [5.74, 6) is 0.353. The monoisotopic (exact) mass is 325 g/mol. The van der Waals surface area contributed by atoms with Gasteiger partial charge in [0.2, 0.25) is 0 Å². The molecular weight excluding hydrogens is 310 g/mol. The van der Waals surface area contributed by atoms with Crippen LogP contribution in [-0.2, 0) is 6.54 Å². The maximum absolute atomic E-state index is 9.87. The quantitative estimate of drug-likeness (QED) is 0.874. The number of aromatic hydroxyl groups is 1. The van der Waals surface area contributed by atoms with E-state index in [0.29, 0.717) is 5.75 Å². The molecule has 0 fully saturated rings. The molecule has 0 spiro atoms. The van der Waals surface area contributed by atoms with Gasteiger partial charge in [0.25, 0.3) is 0 Å². The summed E-state index contributed by atoms with van der Waals surface area (Å²) in [5.41, 5.74) is 2.11. The molecule has 0 aliphatic rings. The Morgan fingerprint density at radius 2 is 2.17 bits per heavy atom. The standard InChI is InChI=1S/C14H16BrNOS/c1-9-3-4-13(17)11(7-9)10(2)16-8-14-12(15)5-6-18-14/h3-7,10,16-17H,8H2,1-2H3. The van der Waals surface area contributed by atoms with Gasteiger partial charge >= 0.3 is 0 Å². The Morgan fingerprint density at radius 1 is 1.39 bits per heavy atom. The molecule has 2 nitrogen and oxygen atoms in total. The van der Waals surface area contributed by atoms with Gasteiger partial charge in [-0.05, 0) is 47.3 Å². The largest absolute Gasteiger partial charge is 0.508 e. The minimum atomic E-state index is 0.124. The number of thiophene rings is 1. The third-order valence-electron chi connectivity index (χ3n) is 2.91. The number of nitrogens with one attached hydrogen (secondary N) is 1. The molecule has 0 bridgehead atoms. The summed E-state index contributed by atoms with van der Waals surface area (Å²) in [7, 11) is 0. The van der Waals surface area contributed by atoms with Crippen molar-refractivity contribution in [1.29, 1.82) is 0 Å². The van der Waals surface area contributed by atoms with Gasteiger partial charge in [0, 0.05) is 27.5 Å². The van der Waals surface area contributed by atoms with Crippen molar-refractivity contribution in [3.8, 4) is 5.75 Å². The lowest BCUT2D eigenvalue weighted by molar-refractivity contribution is 0.452. The van der Waals surface area contributed by atoms with E-state index in [-0.39, 0.29) is 6.04 Å². The molecule has 2 aromatic rings. The topological polar surface area (TPSA) is 32.3 Å². The second-order valence-electron chi connectivity index (χ2n) is 4.36. The van der Waals surface area contributed by atoms with Crippen LogP contribution in [0.3, 0.4) is 0 Å². The molecule has 18 heavy (non-hydrogen) atoms. The zero-order chi connectivity index (χ0) is 13.1. The Labute approximate surface area is 120 Å². The van der Waals surface area contributed by atoms with Gasteiger partial charge in [0.05, 0.1) is 0 Å². The van der Waals surface area contributed by atoms with Crippen molar-refractivity contribution in [3.05, 3.63) is 50.1 Å². The SMILES string of the molecule is Cc1ccc(O)c(C(C)NCc2sccc2Br)c1. The van der Waals surface area contributed by atoms with Crippen LogP contribution in [0.15, 0.2) is 34.1 Å². The van der Waals surface area contributed by atoms with Crippen LogP contribution in [0.2, 0.25) is 0 Å². The van der Waals surface area contributed by atoms with E-state index in [0.717, 1.165) is 22.1 Å². The summed E-state index contributed by atoms with van der Waals surface area (Å²) in [6, 6.07) is 7.87.